The summed E-state index contributed by atoms with van der Waals surface area (Å²) in [6.07, 6.45) is -4.40. The number of hydrogen-bond acceptors (Lipinski definition) is 3. The van der Waals surface area contributed by atoms with Crippen molar-refractivity contribution in [2.45, 2.75) is 12.7 Å². The number of rotatable bonds is 3. The van der Waals surface area contributed by atoms with Gasteiger partial charge >= 0.3 is 6.18 Å². The standard InChI is InChI=1S/C18H19F3N2O/c19-18(20,21)16-9-13(12-23-6-4-22-5-7-23)8-15(10-16)14-2-1-3-17(24)11-14/h1-3,8-11,22,24H,4-7,12H2. The molecule has 0 saturated carbocycles. The highest BCUT2D eigenvalue weighted by Crippen LogP contribution is 2.34. The van der Waals surface area contributed by atoms with Gasteiger partial charge in [-0.3, -0.25) is 4.90 Å². The number of aromatic hydroxyl groups is 1. The van der Waals surface area contributed by atoms with Crippen LogP contribution in [0, 0.1) is 0 Å². The van der Waals surface area contributed by atoms with Gasteiger partial charge in [-0.05, 0) is 47.0 Å². The molecular formula is C18H19F3N2O. The molecule has 1 aliphatic heterocycles. The van der Waals surface area contributed by atoms with E-state index in [2.05, 4.69) is 10.2 Å². The molecule has 0 unspecified atom stereocenters. The number of benzene rings is 2. The quantitative estimate of drug-likeness (QED) is 0.901. The van der Waals surface area contributed by atoms with E-state index in [1.54, 1.807) is 18.2 Å². The van der Waals surface area contributed by atoms with Gasteiger partial charge in [0, 0.05) is 32.7 Å². The molecule has 0 amide bonds. The van der Waals surface area contributed by atoms with Crippen LogP contribution in [0.4, 0.5) is 13.2 Å². The first-order chi connectivity index (χ1) is 11.4. The van der Waals surface area contributed by atoms with Crippen LogP contribution in [0.2, 0.25) is 0 Å². The lowest BCUT2D eigenvalue weighted by Gasteiger charge is -2.27. The molecule has 6 heteroatoms. The number of piperazine rings is 1. The Labute approximate surface area is 138 Å². The van der Waals surface area contributed by atoms with E-state index in [4.69, 9.17) is 0 Å². The zero-order valence-corrected chi connectivity index (χ0v) is 13.1. The van der Waals surface area contributed by atoms with E-state index in [9.17, 15) is 18.3 Å². The predicted molar refractivity (Wildman–Crippen MR) is 86.7 cm³/mol. The van der Waals surface area contributed by atoms with Crippen molar-refractivity contribution in [3.63, 3.8) is 0 Å². The summed E-state index contributed by atoms with van der Waals surface area (Å²) in [6.45, 7) is 3.81. The summed E-state index contributed by atoms with van der Waals surface area (Å²) in [5, 5.41) is 12.8. The lowest BCUT2D eigenvalue weighted by Crippen LogP contribution is -2.42. The molecule has 2 aromatic carbocycles. The molecule has 0 atom stereocenters. The molecule has 2 aromatic rings. The minimum Gasteiger partial charge on any atom is -0.508 e. The summed E-state index contributed by atoms with van der Waals surface area (Å²) in [7, 11) is 0. The molecule has 2 N–H and O–H groups in total. The second kappa shape index (κ2) is 6.83. The van der Waals surface area contributed by atoms with Crippen LogP contribution in [0.5, 0.6) is 5.75 Å². The Kier molecular flexibility index (Phi) is 4.78. The van der Waals surface area contributed by atoms with Crippen LogP contribution in [0.3, 0.4) is 0 Å². The number of phenolic OH excluding ortho intramolecular Hbond substituents is 1. The largest absolute Gasteiger partial charge is 0.508 e. The van der Waals surface area contributed by atoms with Crippen LogP contribution >= 0.6 is 0 Å². The smallest absolute Gasteiger partial charge is 0.416 e. The number of nitrogens with one attached hydrogen (secondary N) is 1. The number of halogens is 3. The minimum absolute atomic E-state index is 0.0357. The van der Waals surface area contributed by atoms with Crippen molar-refractivity contribution >= 4 is 0 Å². The summed E-state index contributed by atoms with van der Waals surface area (Å²) in [5.74, 6) is 0.0357. The van der Waals surface area contributed by atoms with Crippen molar-refractivity contribution in [1.29, 1.82) is 0 Å². The van der Waals surface area contributed by atoms with E-state index >= 15 is 0 Å². The van der Waals surface area contributed by atoms with E-state index < -0.39 is 11.7 Å². The molecular weight excluding hydrogens is 317 g/mol. The molecule has 0 bridgehead atoms. The van der Waals surface area contributed by atoms with Crippen LogP contribution in [-0.2, 0) is 12.7 Å². The molecule has 0 aromatic heterocycles. The third-order valence-corrected chi connectivity index (χ3v) is 4.12. The topological polar surface area (TPSA) is 35.5 Å². The van der Waals surface area contributed by atoms with Gasteiger partial charge in [0.25, 0.3) is 0 Å². The maximum absolute atomic E-state index is 13.2. The molecule has 0 aliphatic carbocycles. The average molecular weight is 336 g/mol. The minimum atomic E-state index is -4.40. The average Bonchev–Trinajstić information content (AvgIpc) is 2.55. The van der Waals surface area contributed by atoms with E-state index in [-0.39, 0.29) is 5.75 Å². The molecule has 0 radical (unpaired) electrons. The molecule has 3 nitrogen and oxygen atoms in total. The summed E-state index contributed by atoms with van der Waals surface area (Å²) in [5.41, 5.74) is 1.01. The zero-order chi connectivity index (χ0) is 17.2. The predicted octanol–water partition coefficient (Wildman–Crippen LogP) is 3.48. The van der Waals surface area contributed by atoms with Gasteiger partial charge in [-0.15, -0.1) is 0 Å². The highest BCUT2D eigenvalue weighted by atomic mass is 19.4. The first kappa shape index (κ1) is 16.8. The third-order valence-electron chi connectivity index (χ3n) is 4.12. The van der Waals surface area contributed by atoms with Crippen LogP contribution < -0.4 is 5.32 Å². The number of alkyl halides is 3. The van der Waals surface area contributed by atoms with Crippen LogP contribution in [0.1, 0.15) is 11.1 Å². The summed E-state index contributed by atoms with van der Waals surface area (Å²) >= 11 is 0. The van der Waals surface area contributed by atoms with Crippen LogP contribution in [0.25, 0.3) is 11.1 Å². The fourth-order valence-electron chi connectivity index (χ4n) is 2.93. The summed E-state index contributed by atoms with van der Waals surface area (Å²) in [4.78, 5) is 2.14. The Bertz CT molecular complexity index is 710. The molecule has 1 heterocycles. The maximum Gasteiger partial charge on any atom is 0.416 e. The SMILES string of the molecule is Oc1cccc(-c2cc(CN3CCNCC3)cc(C(F)(F)F)c2)c1. The van der Waals surface area contributed by atoms with Crippen molar-refractivity contribution in [2.24, 2.45) is 0 Å². The van der Waals surface area contributed by atoms with Gasteiger partial charge in [-0.2, -0.15) is 13.2 Å². The molecule has 128 valence electrons. The zero-order valence-electron chi connectivity index (χ0n) is 13.1. The molecule has 1 aliphatic rings. The fourth-order valence-corrected chi connectivity index (χ4v) is 2.93. The Morgan fingerprint density at radius 1 is 1.00 bits per heavy atom. The van der Waals surface area contributed by atoms with Crippen LogP contribution in [0.15, 0.2) is 42.5 Å². The van der Waals surface area contributed by atoms with Gasteiger partial charge in [0.05, 0.1) is 5.56 Å². The lowest BCUT2D eigenvalue weighted by molar-refractivity contribution is -0.137. The van der Waals surface area contributed by atoms with Crippen molar-refractivity contribution < 1.29 is 18.3 Å². The lowest BCUT2D eigenvalue weighted by atomic mass is 9.99. The van der Waals surface area contributed by atoms with Gasteiger partial charge in [0.1, 0.15) is 5.75 Å². The number of hydrogen-bond donors (Lipinski definition) is 2. The molecule has 1 fully saturated rings. The maximum atomic E-state index is 13.2. The van der Waals surface area contributed by atoms with Crippen molar-refractivity contribution in [3.8, 4) is 16.9 Å². The number of nitrogens with zero attached hydrogens (tertiary/aromatic N) is 1. The Balaban J connectivity index is 1.97. The van der Waals surface area contributed by atoms with Gasteiger partial charge in [0.15, 0.2) is 0 Å². The third kappa shape index (κ3) is 4.07. The normalized spacial score (nSPS) is 16.3. The summed E-state index contributed by atoms with van der Waals surface area (Å²) in [6, 6.07) is 10.4. The second-order valence-electron chi connectivity index (χ2n) is 5.99. The molecule has 0 spiro atoms. The monoisotopic (exact) mass is 336 g/mol. The first-order valence-electron chi connectivity index (χ1n) is 7.85. The Hall–Kier alpha value is -2.05. The van der Waals surface area contributed by atoms with Crippen molar-refractivity contribution in [2.75, 3.05) is 26.2 Å². The Morgan fingerprint density at radius 2 is 1.75 bits per heavy atom. The highest BCUT2D eigenvalue weighted by molar-refractivity contribution is 5.66. The number of phenols is 1. The van der Waals surface area contributed by atoms with Gasteiger partial charge in [-0.1, -0.05) is 12.1 Å². The summed E-state index contributed by atoms with van der Waals surface area (Å²) < 4.78 is 39.7. The van der Waals surface area contributed by atoms with E-state index in [0.717, 1.165) is 32.2 Å². The molecule has 24 heavy (non-hydrogen) atoms. The molecule has 3 rings (SSSR count). The van der Waals surface area contributed by atoms with Gasteiger partial charge < -0.3 is 10.4 Å². The first-order valence-corrected chi connectivity index (χ1v) is 7.85. The van der Waals surface area contributed by atoms with Gasteiger partial charge in [-0.25, -0.2) is 0 Å². The van der Waals surface area contributed by atoms with Gasteiger partial charge in [0.2, 0.25) is 0 Å². The fraction of sp³-hybridized carbons (Fsp3) is 0.333. The highest BCUT2D eigenvalue weighted by Gasteiger charge is 2.31. The Morgan fingerprint density at radius 3 is 2.42 bits per heavy atom. The van der Waals surface area contributed by atoms with Crippen LogP contribution in [-0.4, -0.2) is 36.2 Å². The van der Waals surface area contributed by atoms with Crippen molar-refractivity contribution in [1.82, 2.24) is 10.2 Å². The van der Waals surface area contributed by atoms with E-state index in [1.807, 2.05) is 0 Å². The van der Waals surface area contributed by atoms with E-state index in [0.29, 0.717) is 23.2 Å². The van der Waals surface area contributed by atoms with Crippen molar-refractivity contribution in [3.05, 3.63) is 53.6 Å². The second-order valence-corrected chi connectivity index (χ2v) is 5.99. The van der Waals surface area contributed by atoms with E-state index in [1.165, 1.54) is 18.2 Å². The molecule has 1 saturated heterocycles.